The maximum atomic E-state index is 6.30. The maximum absolute atomic E-state index is 6.30. The van der Waals surface area contributed by atoms with E-state index >= 15 is 0 Å². The minimum Gasteiger partial charge on any atom is -0.380 e. The zero-order valence-corrected chi connectivity index (χ0v) is 13.6. The van der Waals surface area contributed by atoms with Gasteiger partial charge in [0.2, 0.25) is 0 Å². The highest BCUT2D eigenvalue weighted by Crippen LogP contribution is 2.20. The zero-order valence-electron chi connectivity index (χ0n) is 12.8. The molecule has 0 aliphatic rings. The molecule has 2 rings (SSSR count). The van der Waals surface area contributed by atoms with E-state index in [4.69, 9.17) is 16.3 Å². The van der Waals surface area contributed by atoms with Crippen molar-refractivity contribution in [3.63, 3.8) is 0 Å². The highest BCUT2D eigenvalue weighted by Gasteiger charge is 2.11. The molecule has 4 nitrogen and oxygen atoms in total. The summed E-state index contributed by atoms with van der Waals surface area (Å²) in [5.41, 5.74) is 4.35. The fourth-order valence-corrected chi connectivity index (χ4v) is 2.56. The molecule has 0 atom stereocenters. The lowest BCUT2D eigenvalue weighted by atomic mass is 10.1. The van der Waals surface area contributed by atoms with Gasteiger partial charge in [-0.2, -0.15) is 5.10 Å². The number of benzene rings is 1. The lowest BCUT2D eigenvalue weighted by Gasteiger charge is -2.09. The molecular formula is C16H22ClN3O. The Labute approximate surface area is 131 Å². The summed E-state index contributed by atoms with van der Waals surface area (Å²) in [6.07, 6.45) is 0. The number of aryl methyl sites for hydroxylation is 2. The summed E-state index contributed by atoms with van der Waals surface area (Å²) in [4.78, 5) is 0. The number of hydrogen-bond acceptors (Lipinski definition) is 3. The number of nitrogens with zero attached hydrogens (tertiary/aromatic N) is 2. The van der Waals surface area contributed by atoms with Crippen LogP contribution in [0.3, 0.4) is 0 Å². The molecule has 0 amide bonds. The van der Waals surface area contributed by atoms with Crippen LogP contribution in [0.1, 0.15) is 29.4 Å². The van der Waals surface area contributed by atoms with Crippen molar-refractivity contribution in [2.75, 3.05) is 7.11 Å². The van der Waals surface area contributed by atoms with Crippen molar-refractivity contribution >= 4 is 11.6 Å². The molecule has 5 heteroatoms. The fraction of sp³-hybridized carbons (Fsp3) is 0.438. The van der Waals surface area contributed by atoms with Crippen LogP contribution in [0.5, 0.6) is 0 Å². The second-order valence-corrected chi connectivity index (χ2v) is 5.40. The van der Waals surface area contributed by atoms with E-state index in [1.807, 2.05) is 11.6 Å². The van der Waals surface area contributed by atoms with Gasteiger partial charge in [0.1, 0.15) is 0 Å². The Morgan fingerprint density at radius 1 is 1.29 bits per heavy atom. The third-order valence-corrected chi connectivity index (χ3v) is 3.87. The van der Waals surface area contributed by atoms with Gasteiger partial charge in [-0.05, 0) is 25.0 Å². The molecule has 0 aliphatic heterocycles. The Morgan fingerprint density at radius 2 is 2.05 bits per heavy atom. The Kier molecular flexibility index (Phi) is 5.79. The van der Waals surface area contributed by atoms with Crippen LogP contribution in [-0.2, 0) is 31.0 Å². The van der Waals surface area contributed by atoms with Crippen molar-refractivity contribution in [3.05, 3.63) is 51.8 Å². The van der Waals surface area contributed by atoms with Gasteiger partial charge < -0.3 is 10.1 Å². The minimum absolute atomic E-state index is 0.640. The van der Waals surface area contributed by atoms with E-state index in [0.717, 1.165) is 29.5 Å². The number of rotatable bonds is 7. The summed E-state index contributed by atoms with van der Waals surface area (Å²) in [5, 5.41) is 8.61. The number of aromatic nitrogens is 2. The van der Waals surface area contributed by atoms with Crippen LogP contribution in [-0.4, -0.2) is 16.9 Å². The van der Waals surface area contributed by atoms with Gasteiger partial charge in [0, 0.05) is 26.7 Å². The number of halogens is 1. The largest absolute Gasteiger partial charge is 0.380 e. The lowest BCUT2D eigenvalue weighted by Crippen LogP contribution is -2.16. The molecule has 1 heterocycles. The van der Waals surface area contributed by atoms with Gasteiger partial charge in [0.15, 0.2) is 0 Å². The van der Waals surface area contributed by atoms with E-state index in [2.05, 4.69) is 41.6 Å². The average Bonchev–Trinajstić information content (AvgIpc) is 2.76. The van der Waals surface area contributed by atoms with Crippen LogP contribution < -0.4 is 5.32 Å². The van der Waals surface area contributed by atoms with Gasteiger partial charge in [-0.1, -0.05) is 35.9 Å². The molecule has 0 aliphatic carbocycles. The summed E-state index contributed by atoms with van der Waals surface area (Å²) in [6.45, 7) is 6.98. The van der Waals surface area contributed by atoms with Crippen LogP contribution in [0.2, 0.25) is 5.02 Å². The van der Waals surface area contributed by atoms with Crippen molar-refractivity contribution in [2.24, 2.45) is 0 Å². The molecule has 0 saturated heterocycles. The van der Waals surface area contributed by atoms with E-state index in [0.29, 0.717) is 13.2 Å². The van der Waals surface area contributed by atoms with Crippen molar-refractivity contribution in [2.45, 2.75) is 40.1 Å². The Bertz CT molecular complexity index is 595. The topological polar surface area (TPSA) is 39.1 Å². The number of nitrogens with one attached hydrogen (secondary N) is 1. The van der Waals surface area contributed by atoms with Crippen molar-refractivity contribution in [3.8, 4) is 0 Å². The number of hydrogen-bond donors (Lipinski definition) is 1. The predicted octanol–water partition coefficient (Wildman–Crippen LogP) is 3.30. The Balaban J connectivity index is 1.97. The van der Waals surface area contributed by atoms with E-state index < -0.39 is 0 Å². The SMILES string of the molecule is CCn1nc(C)c(Cl)c1CNCc1cccc(COC)c1. The van der Waals surface area contributed by atoms with Gasteiger partial charge in [0.25, 0.3) is 0 Å². The van der Waals surface area contributed by atoms with Gasteiger partial charge in [0.05, 0.1) is 23.0 Å². The fourth-order valence-electron chi connectivity index (χ4n) is 2.36. The number of methoxy groups -OCH3 is 1. The molecule has 114 valence electrons. The normalized spacial score (nSPS) is 11.0. The molecule has 21 heavy (non-hydrogen) atoms. The molecule has 0 spiro atoms. The molecule has 1 N–H and O–H groups in total. The third-order valence-electron chi connectivity index (χ3n) is 3.38. The Hall–Kier alpha value is -1.36. The molecule has 0 radical (unpaired) electrons. The first-order valence-electron chi connectivity index (χ1n) is 7.15. The van der Waals surface area contributed by atoms with Crippen LogP contribution in [0.25, 0.3) is 0 Å². The molecule has 1 aromatic carbocycles. The molecule has 1 aromatic heterocycles. The van der Waals surface area contributed by atoms with Gasteiger partial charge in [-0.3, -0.25) is 4.68 Å². The monoisotopic (exact) mass is 307 g/mol. The standard InChI is InChI=1S/C16H22ClN3O/c1-4-20-15(16(17)12(2)19-20)10-18-9-13-6-5-7-14(8-13)11-21-3/h5-8,18H,4,9-11H2,1-3H3. The maximum Gasteiger partial charge on any atom is 0.0860 e. The van der Waals surface area contributed by atoms with Gasteiger partial charge in [-0.15, -0.1) is 0 Å². The molecule has 0 bridgehead atoms. The highest BCUT2D eigenvalue weighted by molar-refractivity contribution is 6.31. The first-order chi connectivity index (χ1) is 10.2. The first-order valence-corrected chi connectivity index (χ1v) is 7.52. The quantitative estimate of drug-likeness (QED) is 0.853. The van der Waals surface area contributed by atoms with Crippen LogP contribution >= 0.6 is 11.6 Å². The van der Waals surface area contributed by atoms with Gasteiger partial charge in [-0.25, -0.2) is 0 Å². The predicted molar refractivity (Wildman–Crippen MR) is 85.3 cm³/mol. The molecule has 2 aromatic rings. The molecule has 0 unspecified atom stereocenters. The van der Waals surface area contributed by atoms with Crippen LogP contribution in [0.4, 0.5) is 0 Å². The highest BCUT2D eigenvalue weighted by atomic mass is 35.5. The van der Waals surface area contributed by atoms with E-state index in [1.54, 1.807) is 7.11 Å². The number of ether oxygens (including phenoxy) is 1. The smallest absolute Gasteiger partial charge is 0.0860 e. The molecule has 0 saturated carbocycles. The first kappa shape index (κ1) is 16.0. The summed E-state index contributed by atoms with van der Waals surface area (Å²) >= 11 is 6.30. The summed E-state index contributed by atoms with van der Waals surface area (Å²) in [7, 11) is 1.71. The molecular weight excluding hydrogens is 286 g/mol. The lowest BCUT2D eigenvalue weighted by molar-refractivity contribution is 0.185. The van der Waals surface area contributed by atoms with E-state index in [9.17, 15) is 0 Å². The molecule has 0 fully saturated rings. The van der Waals surface area contributed by atoms with Crippen LogP contribution in [0.15, 0.2) is 24.3 Å². The Morgan fingerprint density at radius 3 is 2.76 bits per heavy atom. The van der Waals surface area contributed by atoms with Crippen LogP contribution in [0, 0.1) is 6.92 Å². The third kappa shape index (κ3) is 4.06. The summed E-state index contributed by atoms with van der Waals surface area (Å²) in [6, 6.07) is 8.38. The summed E-state index contributed by atoms with van der Waals surface area (Å²) in [5.74, 6) is 0. The zero-order chi connectivity index (χ0) is 15.2. The second kappa shape index (κ2) is 7.59. The average molecular weight is 308 g/mol. The minimum atomic E-state index is 0.640. The summed E-state index contributed by atoms with van der Waals surface area (Å²) < 4.78 is 7.11. The van der Waals surface area contributed by atoms with E-state index in [-0.39, 0.29) is 0 Å². The van der Waals surface area contributed by atoms with Crippen molar-refractivity contribution in [1.29, 1.82) is 0 Å². The van der Waals surface area contributed by atoms with E-state index in [1.165, 1.54) is 11.1 Å². The second-order valence-electron chi connectivity index (χ2n) is 5.02. The van der Waals surface area contributed by atoms with Gasteiger partial charge >= 0.3 is 0 Å². The van der Waals surface area contributed by atoms with Crippen molar-refractivity contribution in [1.82, 2.24) is 15.1 Å². The van der Waals surface area contributed by atoms with Crippen molar-refractivity contribution < 1.29 is 4.74 Å².